The highest BCUT2D eigenvalue weighted by molar-refractivity contribution is 9.10. The Balaban J connectivity index is 2.00. The maximum absolute atomic E-state index is 14.0. The number of ether oxygens (including phenoxy) is 1. The van der Waals surface area contributed by atoms with Crippen LogP contribution in [0.2, 0.25) is 0 Å². The van der Waals surface area contributed by atoms with E-state index in [0.29, 0.717) is 24.6 Å². The van der Waals surface area contributed by atoms with Crippen molar-refractivity contribution in [2.75, 3.05) is 24.0 Å². The molecule has 0 aliphatic heterocycles. The van der Waals surface area contributed by atoms with Crippen molar-refractivity contribution < 1.29 is 22.7 Å². The van der Waals surface area contributed by atoms with Crippen molar-refractivity contribution in [1.29, 1.82) is 0 Å². The normalized spacial score (nSPS) is 11.9. The summed E-state index contributed by atoms with van der Waals surface area (Å²) in [6, 6.07) is 19.7. The highest BCUT2D eigenvalue weighted by atomic mass is 79.9. The molecule has 2 amide bonds. The molecule has 1 N–H and O–H groups in total. The molecule has 0 radical (unpaired) electrons. The lowest BCUT2D eigenvalue weighted by Gasteiger charge is -2.32. The van der Waals surface area contributed by atoms with Crippen LogP contribution in [0.1, 0.15) is 44.7 Å². The van der Waals surface area contributed by atoms with E-state index < -0.39 is 28.5 Å². The van der Waals surface area contributed by atoms with E-state index in [4.69, 9.17) is 4.74 Å². The quantitative estimate of drug-likeness (QED) is 0.228. The molecule has 0 heterocycles. The highest BCUT2D eigenvalue weighted by Crippen LogP contribution is 2.27. The summed E-state index contributed by atoms with van der Waals surface area (Å²) in [4.78, 5) is 28.6. The number of nitrogens with one attached hydrogen (secondary N) is 1. The van der Waals surface area contributed by atoms with Crippen LogP contribution in [0, 0.1) is 6.92 Å². The van der Waals surface area contributed by atoms with Crippen molar-refractivity contribution in [2.24, 2.45) is 0 Å². The van der Waals surface area contributed by atoms with E-state index in [2.05, 4.69) is 21.2 Å². The number of aryl methyl sites for hydroxylation is 1. The predicted molar refractivity (Wildman–Crippen MR) is 165 cm³/mol. The number of benzene rings is 3. The molecule has 10 heteroatoms. The fourth-order valence-electron chi connectivity index (χ4n) is 4.19. The zero-order valence-corrected chi connectivity index (χ0v) is 26.4. The Bertz CT molecular complexity index is 1410. The van der Waals surface area contributed by atoms with Crippen LogP contribution >= 0.6 is 15.9 Å². The first kappa shape index (κ1) is 32.1. The van der Waals surface area contributed by atoms with Crippen molar-refractivity contribution in [3.8, 4) is 5.75 Å². The number of unbranched alkanes of at least 4 members (excludes halogenated alkanes) is 1. The summed E-state index contributed by atoms with van der Waals surface area (Å²) < 4.78 is 35.3. The molecule has 0 aliphatic carbocycles. The number of anilines is 1. The molecule has 0 aliphatic rings. The third-order valence-electron chi connectivity index (χ3n) is 6.56. The van der Waals surface area contributed by atoms with Gasteiger partial charge in [-0.3, -0.25) is 13.9 Å². The minimum Gasteiger partial charge on any atom is -0.494 e. The predicted octanol–water partition coefficient (Wildman–Crippen LogP) is 5.69. The van der Waals surface area contributed by atoms with Crippen LogP contribution in [0.5, 0.6) is 5.75 Å². The third-order valence-corrected chi connectivity index (χ3v) is 8.84. The number of sulfonamides is 1. The lowest BCUT2D eigenvalue weighted by atomic mass is 10.1. The van der Waals surface area contributed by atoms with Crippen LogP contribution in [0.4, 0.5) is 5.69 Å². The maximum Gasteiger partial charge on any atom is 0.264 e. The Morgan fingerprint density at radius 2 is 1.68 bits per heavy atom. The molecule has 1 unspecified atom stereocenters. The minimum atomic E-state index is -4.13. The Hall–Kier alpha value is -3.37. The monoisotopic (exact) mass is 643 g/mol. The van der Waals surface area contributed by atoms with Gasteiger partial charge in [-0.05, 0) is 81.3 Å². The molecular weight excluding hydrogens is 606 g/mol. The van der Waals surface area contributed by atoms with Gasteiger partial charge in [0.25, 0.3) is 10.0 Å². The summed E-state index contributed by atoms with van der Waals surface area (Å²) >= 11 is 3.46. The Morgan fingerprint density at radius 1 is 1.00 bits per heavy atom. The molecule has 1 atom stereocenters. The summed E-state index contributed by atoms with van der Waals surface area (Å²) in [7, 11) is -4.13. The van der Waals surface area contributed by atoms with Gasteiger partial charge in [0.1, 0.15) is 18.3 Å². The van der Waals surface area contributed by atoms with Gasteiger partial charge in [0, 0.05) is 17.6 Å². The smallest absolute Gasteiger partial charge is 0.264 e. The van der Waals surface area contributed by atoms with Gasteiger partial charge in [0.2, 0.25) is 11.8 Å². The molecule has 3 aromatic carbocycles. The number of carbonyl (C=O) groups excluding carboxylic acids is 2. The lowest BCUT2D eigenvalue weighted by Crippen LogP contribution is -2.51. The molecule has 0 bridgehead atoms. The van der Waals surface area contributed by atoms with Gasteiger partial charge in [-0.25, -0.2) is 8.42 Å². The second-order valence-corrected chi connectivity index (χ2v) is 12.5. The highest BCUT2D eigenvalue weighted by Gasteiger charge is 2.32. The molecule has 0 aromatic heterocycles. The second kappa shape index (κ2) is 15.0. The Morgan fingerprint density at radius 3 is 2.29 bits per heavy atom. The van der Waals surface area contributed by atoms with Crippen LogP contribution in [-0.4, -0.2) is 50.9 Å². The standard InChI is InChI=1S/C31H38BrN3O5S/c1-5-7-19-33-31(37)24(4)34(21-25-9-8-10-26(32)20-25)30(36)22-35(27-13-15-28(16-14-27)40-6-2)41(38,39)29-17-11-23(3)12-18-29/h8-18,20,24H,5-7,19,21-22H2,1-4H3,(H,33,37). The summed E-state index contributed by atoms with van der Waals surface area (Å²) in [6.07, 6.45) is 1.74. The molecule has 3 rings (SSSR count). The van der Waals surface area contributed by atoms with Gasteiger partial charge < -0.3 is 15.0 Å². The van der Waals surface area contributed by atoms with Gasteiger partial charge in [-0.1, -0.05) is 59.1 Å². The van der Waals surface area contributed by atoms with Crippen molar-refractivity contribution in [3.63, 3.8) is 0 Å². The molecule has 41 heavy (non-hydrogen) atoms. The molecule has 220 valence electrons. The summed E-state index contributed by atoms with van der Waals surface area (Å²) in [5, 5.41) is 2.89. The zero-order valence-electron chi connectivity index (χ0n) is 24.0. The van der Waals surface area contributed by atoms with Crippen molar-refractivity contribution in [3.05, 3.63) is 88.4 Å². The SMILES string of the molecule is CCCCNC(=O)C(C)N(Cc1cccc(Br)c1)C(=O)CN(c1ccc(OCC)cc1)S(=O)(=O)c1ccc(C)cc1. The van der Waals surface area contributed by atoms with Crippen molar-refractivity contribution in [1.82, 2.24) is 10.2 Å². The molecule has 0 saturated carbocycles. The van der Waals surface area contributed by atoms with E-state index in [1.165, 1.54) is 17.0 Å². The molecule has 0 spiro atoms. The number of halogens is 1. The zero-order chi connectivity index (χ0) is 30.0. The number of nitrogens with zero attached hydrogens (tertiary/aromatic N) is 2. The van der Waals surface area contributed by atoms with E-state index in [1.54, 1.807) is 43.3 Å². The number of hydrogen-bond donors (Lipinski definition) is 1. The molecular formula is C31H38BrN3O5S. The van der Waals surface area contributed by atoms with Crippen LogP contribution < -0.4 is 14.4 Å². The summed E-state index contributed by atoms with van der Waals surface area (Å²) in [5.74, 6) is -0.215. The second-order valence-electron chi connectivity index (χ2n) is 9.72. The summed E-state index contributed by atoms with van der Waals surface area (Å²) in [5.41, 5.74) is 2.02. The minimum absolute atomic E-state index is 0.0636. The average Bonchev–Trinajstić information content (AvgIpc) is 2.95. The first-order valence-corrected chi connectivity index (χ1v) is 15.9. The van der Waals surface area contributed by atoms with Crippen molar-refractivity contribution >= 4 is 43.5 Å². The Labute approximate surface area is 251 Å². The Kier molecular flexibility index (Phi) is 11.8. The number of hydrogen-bond acceptors (Lipinski definition) is 5. The van der Waals surface area contributed by atoms with E-state index in [0.717, 1.165) is 32.7 Å². The van der Waals surface area contributed by atoms with E-state index in [-0.39, 0.29) is 17.3 Å². The number of amides is 2. The molecule has 0 fully saturated rings. The van der Waals surface area contributed by atoms with Gasteiger partial charge in [-0.2, -0.15) is 0 Å². The van der Waals surface area contributed by atoms with E-state index in [1.807, 2.05) is 45.0 Å². The average molecular weight is 645 g/mol. The molecule has 8 nitrogen and oxygen atoms in total. The van der Waals surface area contributed by atoms with Crippen molar-refractivity contribution in [2.45, 2.75) is 58.0 Å². The largest absolute Gasteiger partial charge is 0.494 e. The van der Waals surface area contributed by atoms with Crippen LogP contribution in [0.15, 0.2) is 82.2 Å². The lowest BCUT2D eigenvalue weighted by molar-refractivity contribution is -0.139. The van der Waals surface area contributed by atoms with Gasteiger partial charge in [-0.15, -0.1) is 0 Å². The van der Waals surface area contributed by atoms with Crippen LogP contribution in [0.3, 0.4) is 0 Å². The fourth-order valence-corrected chi connectivity index (χ4v) is 6.05. The summed E-state index contributed by atoms with van der Waals surface area (Å²) in [6.45, 7) is 8.02. The topological polar surface area (TPSA) is 96.0 Å². The number of carbonyl (C=O) groups is 2. The van der Waals surface area contributed by atoms with Gasteiger partial charge in [0.15, 0.2) is 0 Å². The van der Waals surface area contributed by atoms with Gasteiger partial charge >= 0.3 is 0 Å². The fraction of sp³-hybridized carbons (Fsp3) is 0.355. The number of rotatable bonds is 14. The molecule has 3 aromatic rings. The third kappa shape index (κ3) is 8.81. The first-order valence-electron chi connectivity index (χ1n) is 13.7. The van der Waals surface area contributed by atoms with E-state index in [9.17, 15) is 18.0 Å². The van der Waals surface area contributed by atoms with Crippen LogP contribution in [-0.2, 0) is 26.2 Å². The van der Waals surface area contributed by atoms with Gasteiger partial charge in [0.05, 0.1) is 17.2 Å². The molecule has 0 saturated heterocycles. The maximum atomic E-state index is 14.0. The van der Waals surface area contributed by atoms with Crippen LogP contribution in [0.25, 0.3) is 0 Å². The van der Waals surface area contributed by atoms with E-state index >= 15 is 0 Å². The first-order chi connectivity index (χ1) is 19.6.